The molecule has 2 saturated heterocycles. The Morgan fingerprint density at radius 2 is 1.87 bits per heavy atom. The molecule has 4 aliphatic rings. The molecule has 1 aromatic heterocycles. The van der Waals surface area contributed by atoms with E-state index in [1.807, 2.05) is 24.3 Å². The van der Waals surface area contributed by atoms with Gasteiger partial charge in [0.2, 0.25) is 5.91 Å². The minimum absolute atomic E-state index is 0.0237. The maximum absolute atomic E-state index is 13.7. The maximum atomic E-state index is 13.7. The lowest BCUT2D eigenvalue weighted by Crippen LogP contribution is -2.56. The number of likely N-dealkylation sites (tertiary alicyclic amines) is 2. The molecule has 2 unspecified atom stereocenters. The average molecular weight is 623 g/mol. The van der Waals surface area contributed by atoms with Crippen molar-refractivity contribution in [2.24, 2.45) is 11.8 Å². The normalized spacial score (nSPS) is 25.5. The number of hydrogen-bond acceptors (Lipinski definition) is 7. The predicted molar refractivity (Wildman–Crippen MR) is 168 cm³/mol. The van der Waals surface area contributed by atoms with Gasteiger partial charge in [0.05, 0.1) is 25.8 Å². The van der Waals surface area contributed by atoms with Gasteiger partial charge < -0.3 is 34.3 Å². The van der Waals surface area contributed by atoms with Gasteiger partial charge in [0.25, 0.3) is 5.56 Å². The molecule has 2 saturated carbocycles. The number of nitrogens with one attached hydrogen (secondary N) is 2. The van der Waals surface area contributed by atoms with Gasteiger partial charge in [0.1, 0.15) is 17.8 Å². The maximum Gasteiger partial charge on any atom is 0.328 e. The van der Waals surface area contributed by atoms with Gasteiger partial charge in [-0.1, -0.05) is 12.8 Å². The van der Waals surface area contributed by atoms with E-state index in [2.05, 4.69) is 10.3 Å². The minimum atomic E-state index is -0.630. The standard InChI is InChI=1S/C34H46N4O7/c1-43-24-12-11-23-18-27(31(39)35-28(23)19-24)26-17-22(26)9-6-16-45-25-13-15-37(20-25)34(42)36-30(21-7-3-4-8-21)32(40)38-14-5-10-29(38)33(41)44-2/h11-12,18-19,21-22,25-26,29-30H,3-10,13-17,20H2,1-2H3,(H,35,39)(H,36,42)/t22?,25?,26-,29-,30-/m0/s1. The smallest absolute Gasteiger partial charge is 0.328 e. The zero-order valence-electron chi connectivity index (χ0n) is 26.4. The molecule has 2 N–H and O–H groups in total. The minimum Gasteiger partial charge on any atom is -0.497 e. The fourth-order valence-corrected chi connectivity index (χ4v) is 7.68. The van der Waals surface area contributed by atoms with Gasteiger partial charge in [-0.2, -0.15) is 0 Å². The summed E-state index contributed by atoms with van der Waals surface area (Å²) in [6, 6.07) is 6.31. The Morgan fingerprint density at radius 1 is 1.04 bits per heavy atom. The number of benzene rings is 1. The second kappa shape index (κ2) is 13.8. The van der Waals surface area contributed by atoms with Crippen LogP contribution in [0.15, 0.2) is 29.1 Å². The average Bonchev–Trinajstić information content (AvgIpc) is 3.50. The molecule has 11 nitrogen and oxygen atoms in total. The molecular weight excluding hydrogens is 576 g/mol. The number of H-pyrrole nitrogens is 1. The molecule has 6 rings (SSSR count). The number of aromatic nitrogens is 1. The molecule has 45 heavy (non-hydrogen) atoms. The largest absolute Gasteiger partial charge is 0.497 e. The first kappa shape index (κ1) is 31.4. The molecule has 4 fully saturated rings. The molecule has 3 heterocycles. The molecule has 2 aliphatic heterocycles. The number of pyridine rings is 1. The lowest BCUT2D eigenvalue weighted by molar-refractivity contribution is -0.152. The van der Waals surface area contributed by atoms with Gasteiger partial charge in [0, 0.05) is 37.9 Å². The first-order chi connectivity index (χ1) is 21.9. The van der Waals surface area contributed by atoms with Gasteiger partial charge in [-0.15, -0.1) is 0 Å². The monoisotopic (exact) mass is 622 g/mol. The van der Waals surface area contributed by atoms with Crippen LogP contribution in [0.4, 0.5) is 4.79 Å². The first-order valence-corrected chi connectivity index (χ1v) is 16.6. The SMILES string of the molecule is COC(=O)[C@@H]1CCCN1C(=O)[C@@H](NC(=O)N1CCC(OCCCC2C[C@@H]2c2cc3ccc(OC)cc3[nH]c2=O)C1)C1CCCC1. The van der Waals surface area contributed by atoms with E-state index in [9.17, 15) is 19.2 Å². The summed E-state index contributed by atoms with van der Waals surface area (Å²) in [5, 5.41) is 4.07. The van der Waals surface area contributed by atoms with Crippen molar-refractivity contribution in [3.63, 3.8) is 0 Å². The van der Waals surface area contributed by atoms with Gasteiger partial charge in [-0.25, -0.2) is 9.59 Å². The number of urea groups is 1. The van der Waals surface area contributed by atoms with E-state index in [-0.39, 0.29) is 35.4 Å². The Bertz CT molecular complexity index is 1450. The summed E-state index contributed by atoms with van der Waals surface area (Å²) < 4.78 is 16.4. The van der Waals surface area contributed by atoms with Gasteiger partial charge in [0.15, 0.2) is 0 Å². The second-order valence-electron chi connectivity index (χ2n) is 13.2. The number of esters is 1. The molecular formula is C34H46N4O7. The molecule has 5 atom stereocenters. The van der Waals surface area contributed by atoms with E-state index in [0.717, 1.165) is 80.0 Å². The van der Waals surface area contributed by atoms with Crippen LogP contribution in [0.25, 0.3) is 10.9 Å². The van der Waals surface area contributed by atoms with Gasteiger partial charge >= 0.3 is 12.0 Å². The lowest BCUT2D eigenvalue weighted by atomic mass is 9.96. The van der Waals surface area contributed by atoms with Crippen LogP contribution >= 0.6 is 0 Å². The summed E-state index contributed by atoms with van der Waals surface area (Å²) in [7, 11) is 2.96. The quantitative estimate of drug-likeness (QED) is 0.287. The number of methoxy groups -OCH3 is 2. The summed E-state index contributed by atoms with van der Waals surface area (Å²) in [5.74, 6) is 1.00. The Morgan fingerprint density at radius 3 is 2.64 bits per heavy atom. The van der Waals surface area contributed by atoms with Crippen molar-refractivity contribution in [3.05, 3.63) is 40.2 Å². The third kappa shape index (κ3) is 6.98. The number of nitrogens with zero attached hydrogens (tertiary/aromatic N) is 2. The van der Waals surface area contributed by atoms with Gasteiger partial charge in [-0.05, 0) is 92.7 Å². The molecule has 11 heteroatoms. The predicted octanol–water partition coefficient (Wildman–Crippen LogP) is 3.94. The van der Waals surface area contributed by atoms with E-state index in [0.29, 0.717) is 38.6 Å². The summed E-state index contributed by atoms with van der Waals surface area (Å²) in [5.41, 5.74) is 1.62. The fraction of sp³-hybridized carbons (Fsp3) is 0.647. The van der Waals surface area contributed by atoms with Crippen molar-refractivity contribution in [3.8, 4) is 5.75 Å². The summed E-state index contributed by atoms with van der Waals surface area (Å²) in [4.78, 5) is 58.4. The third-order valence-electron chi connectivity index (χ3n) is 10.3. The molecule has 1 aromatic carbocycles. The molecule has 2 aliphatic carbocycles. The highest BCUT2D eigenvalue weighted by Crippen LogP contribution is 2.49. The van der Waals surface area contributed by atoms with E-state index < -0.39 is 18.1 Å². The third-order valence-corrected chi connectivity index (χ3v) is 10.3. The van der Waals surface area contributed by atoms with Crippen LogP contribution in [0.1, 0.15) is 75.7 Å². The van der Waals surface area contributed by atoms with Crippen LogP contribution < -0.4 is 15.6 Å². The van der Waals surface area contributed by atoms with Crippen molar-refractivity contribution >= 4 is 28.8 Å². The van der Waals surface area contributed by atoms with Crippen molar-refractivity contribution in [2.75, 3.05) is 40.5 Å². The van der Waals surface area contributed by atoms with Crippen molar-refractivity contribution in [1.82, 2.24) is 20.1 Å². The van der Waals surface area contributed by atoms with Crippen LogP contribution in [-0.4, -0.2) is 91.3 Å². The Labute approximate surface area is 263 Å². The molecule has 2 aromatic rings. The number of fused-ring (bicyclic) bond motifs is 1. The summed E-state index contributed by atoms with van der Waals surface area (Å²) >= 11 is 0. The van der Waals surface area contributed by atoms with Crippen molar-refractivity contribution < 1.29 is 28.6 Å². The zero-order valence-corrected chi connectivity index (χ0v) is 26.4. The highest BCUT2D eigenvalue weighted by molar-refractivity contribution is 5.91. The van der Waals surface area contributed by atoms with Crippen molar-refractivity contribution in [1.29, 1.82) is 0 Å². The first-order valence-electron chi connectivity index (χ1n) is 16.6. The number of carbonyl (C=O) groups excluding carboxylic acids is 3. The number of aromatic amines is 1. The molecule has 244 valence electrons. The van der Waals surface area contributed by atoms with Crippen LogP contribution in [-0.2, 0) is 19.1 Å². The van der Waals surface area contributed by atoms with E-state index in [4.69, 9.17) is 14.2 Å². The Kier molecular flexibility index (Phi) is 9.63. The van der Waals surface area contributed by atoms with Crippen LogP contribution in [0.3, 0.4) is 0 Å². The Hall–Kier alpha value is -3.60. The highest BCUT2D eigenvalue weighted by atomic mass is 16.5. The number of ether oxygens (including phenoxy) is 3. The molecule has 0 radical (unpaired) electrons. The Balaban J connectivity index is 0.956. The molecule has 0 spiro atoms. The molecule has 0 bridgehead atoms. The lowest BCUT2D eigenvalue weighted by Gasteiger charge is -2.32. The topological polar surface area (TPSA) is 130 Å². The highest BCUT2D eigenvalue weighted by Gasteiger charge is 2.43. The second-order valence-corrected chi connectivity index (χ2v) is 13.2. The van der Waals surface area contributed by atoms with Gasteiger partial charge in [-0.3, -0.25) is 9.59 Å². The van der Waals surface area contributed by atoms with Crippen LogP contribution in [0, 0.1) is 11.8 Å². The van der Waals surface area contributed by atoms with Crippen LogP contribution in [0.2, 0.25) is 0 Å². The number of amides is 3. The van der Waals surface area contributed by atoms with Crippen LogP contribution in [0.5, 0.6) is 5.75 Å². The number of rotatable bonds is 11. The summed E-state index contributed by atoms with van der Waals surface area (Å²) in [6.45, 7) is 2.20. The van der Waals surface area contributed by atoms with E-state index in [1.165, 1.54) is 7.11 Å². The number of carbonyl (C=O) groups is 3. The fourth-order valence-electron chi connectivity index (χ4n) is 7.68. The molecule has 3 amide bonds. The zero-order chi connectivity index (χ0) is 31.5. The number of hydrogen-bond donors (Lipinski definition) is 2. The van der Waals surface area contributed by atoms with Crippen molar-refractivity contribution in [2.45, 2.75) is 88.3 Å². The summed E-state index contributed by atoms with van der Waals surface area (Å²) in [6.07, 6.45) is 8.86. The van der Waals surface area contributed by atoms with E-state index in [1.54, 1.807) is 16.9 Å². The van der Waals surface area contributed by atoms with E-state index >= 15 is 0 Å².